The topological polar surface area (TPSA) is 4.93 Å². The van der Waals surface area contributed by atoms with Crippen molar-refractivity contribution in [2.45, 2.75) is 41.5 Å². The highest BCUT2D eigenvalue weighted by atomic mass is 15.0. The van der Waals surface area contributed by atoms with E-state index in [2.05, 4.69) is 155 Å². The fourth-order valence-corrected chi connectivity index (χ4v) is 7.68. The molecule has 42 heavy (non-hydrogen) atoms. The molecule has 0 bridgehead atoms. The van der Waals surface area contributed by atoms with Crippen LogP contribution in [0.2, 0.25) is 0 Å². The van der Waals surface area contributed by atoms with Gasteiger partial charge in [0, 0.05) is 16.2 Å². The van der Waals surface area contributed by atoms with Gasteiger partial charge in [-0.3, -0.25) is 0 Å². The van der Waals surface area contributed by atoms with Crippen molar-refractivity contribution in [2.75, 3.05) is 0 Å². The van der Waals surface area contributed by atoms with Crippen LogP contribution in [0.1, 0.15) is 33.4 Å². The first-order chi connectivity index (χ1) is 20.3. The van der Waals surface area contributed by atoms with Crippen molar-refractivity contribution >= 4 is 55.7 Å². The molecule has 0 unspecified atom stereocenters. The lowest BCUT2D eigenvalue weighted by atomic mass is 9.33. The van der Waals surface area contributed by atoms with Crippen LogP contribution in [0.5, 0.6) is 0 Å². The number of benzene rings is 6. The van der Waals surface area contributed by atoms with Crippen LogP contribution in [0.3, 0.4) is 0 Å². The van der Waals surface area contributed by atoms with Gasteiger partial charge in [0.2, 0.25) is 6.71 Å². The van der Waals surface area contributed by atoms with Crippen LogP contribution in [-0.2, 0) is 0 Å². The van der Waals surface area contributed by atoms with Crippen LogP contribution < -0.4 is 16.4 Å². The molecule has 0 amide bonds. The smallest absolute Gasteiger partial charge is 0.243 e. The zero-order valence-electron chi connectivity index (χ0n) is 25.4. The molecule has 1 nitrogen and oxygen atoms in total. The zero-order valence-corrected chi connectivity index (χ0v) is 25.4. The molecule has 204 valence electrons. The Bertz CT molecular complexity index is 2010. The van der Waals surface area contributed by atoms with Crippen molar-refractivity contribution in [3.8, 4) is 5.69 Å². The summed E-state index contributed by atoms with van der Waals surface area (Å²) in [7, 11) is 0. The maximum atomic E-state index is 2.45. The quantitative estimate of drug-likeness (QED) is 0.198. The SMILES string of the molecule is Cc1cc(C)c(B(c2c(C)cc(C)cc2C)c2ccc(-n3c4ccccc4c4ccccc43)c3ccccc23)c(C)c1. The van der Waals surface area contributed by atoms with E-state index in [9.17, 15) is 0 Å². The van der Waals surface area contributed by atoms with E-state index in [1.807, 2.05) is 0 Å². The van der Waals surface area contributed by atoms with Gasteiger partial charge in [0.05, 0.1) is 16.7 Å². The van der Waals surface area contributed by atoms with E-state index < -0.39 is 0 Å². The summed E-state index contributed by atoms with van der Waals surface area (Å²) in [4.78, 5) is 0. The van der Waals surface area contributed by atoms with Crippen LogP contribution in [0, 0.1) is 41.5 Å². The van der Waals surface area contributed by atoms with E-state index in [0.717, 1.165) is 0 Å². The fourth-order valence-electron chi connectivity index (χ4n) is 7.68. The van der Waals surface area contributed by atoms with Crippen LogP contribution >= 0.6 is 0 Å². The van der Waals surface area contributed by atoms with Crippen molar-refractivity contribution in [2.24, 2.45) is 0 Å². The molecule has 1 aromatic heterocycles. The lowest BCUT2D eigenvalue weighted by Crippen LogP contribution is -2.56. The van der Waals surface area contributed by atoms with Crippen molar-refractivity contribution in [1.82, 2.24) is 4.57 Å². The number of rotatable bonds is 4. The van der Waals surface area contributed by atoms with Crippen molar-refractivity contribution in [3.05, 3.63) is 143 Å². The fraction of sp³-hybridized carbons (Fsp3) is 0.150. The van der Waals surface area contributed by atoms with Gasteiger partial charge in [-0.05, 0) is 65.1 Å². The molecule has 7 aromatic rings. The first-order valence-corrected chi connectivity index (χ1v) is 15.0. The summed E-state index contributed by atoms with van der Waals surface area (Å²) in [6.45, 7) is 13.7. The van der Waals surface area contributed by atoms with Gasteiger partial charge in [-0.2, -0.15) is 0 Å². The Balaban J connectivity index is 1.58. The molecule has 7 rings (SSSR count). The molecule has 0 aliphatic carbocycles. The molecule has 2 heteroatoms. The normalized spacial score (nSPS) is 11.6. The Labute approximate surface area is 249 Å². The minimum atomic E-state index is 0.128. The predicted molar refractivity (Wildman–Crippen MR) is 184 cm³/mol. The zero-order chi connectivity index (χ0) is 29.1. The van der Waals surface area contributed by atoms with E-state index in [1.54, 1.807) is 0 Å². The third-order valence-corrected chi connectivity index (χ3v) is 9.12. The lowest BCUT2D eigenvalue weighted by Gasteiger charge is -2.26. The van der Waals surface area contributed by atoms with Gasteiger partial charge in [-0.15, -0.1) is 0 Å². The van der Waals surface area contributed by atoms with Gasteiger partial charge in [-0.1, -0.05) is 141 Å². The van der Waals surface area contributed by atoms with Gasteiger partial charge in [0.25, 0.3) is 0 Å². The molecule has 0 atom stereocenters. The number of hydrogen-bond donors (Lipinski definition) is 0. The molecule has 0 fully saturated rings. The molecule has 0 spiro atoms. The molecule has 0 saturated heterocycles. The summed E-state index contributed by atoms with van der Waals surface area (Å²) >= 11 is 0. The molecule has 0 aliphatic heterocycles. The largest absolute Gasteiger partial charge is 0.309 e. The third-order valence-electron chi connectivity index (χ3n) is 9.12. The average Bonchev–Trinajstić information content (AvgIpc) is 3.29. The summed E-state index contributed by atoms with van der Waals surface area (Å²) in [6, 6.07) is 40.7. The second-order valence-corrected chi connectivity index (χ2v) is 12.1. The van der Waals surface area contributed by atoms with Gasteiger partial charge in [-0.25, -0.2) is 0 Å². The number of aryl methyl sites for hydroxylation is 6. The van der Waals surface area contributed by atoms with Gasteiger partial charge in [0.15, 0.2) is 0 Å². The first kappa shape index (κ1) is 26.4. The number of nitrogens with zero attached hydrogens (tertiary/aromatic N) is 1. The first-order valence-electron chi connectivity index (χ1n) is 15.0. The standard InChI is InChI=1S/C40H36BN/c1-25-21-27(3)39(28(4)22-25)41(40-29(5)23-26(2)24-30(40)6)35-19-20-38(32-14-8-7-13-31(32)35)42-36-17-11-9-15-33(36)34-16-10-12-18-37(34)42/h7-24H,1-6H3. The molecule has 6 aromatic carbocycles. The van der Waals surface area contributed by atoms with Crippen LogP contribution in [-0.4, -0.2) is 11.3 Å². The summed E-state index contributed by atoms with van der Waals surface area (Å²) in [5.41, 5.74) is 16.0. The van der Waals surface area contributed by atoms with Crippen molar-refractivity contribution < 1.29 is 0 Å². The van der Waals surface area contributed by atoms with Crippen LogP contribution in [0.15, 0.2) is 109 Å². The Morgan fingerprint density at radius 3 is 1.31 bits per heavy atom. The number of para-hydroxylation sites is 2. The minimum absolute atomic E-state index is 0.128. The summed E-state index contributed by atoms with van der Waals surface area (Å²) in [5.74, 6) is 0. The van der Waals surface area contributed by atoms with Crippen LogP contribution in [0.4, 0.5) is 0 Å². The summed E-state index contributed by atoms with van der Waals surface area (Å²) in [6.07, 6.45) is 0. The molecular formula is C40H36BN. The highest BCUT2D eigenvalue weighted by Crippen LogP contribution is 2.34. The molecule has 0 N–H and O–H groups in total. The highest BCUT2D eigenvalue weighted by Gasteiger charge is 2.30. The number of hydrogen-bond acceptors (Lipinski definition) is 0. The lowest BCUT2D eigenvalue weighted by molar-refractivity contribution is 1.20. The summed E-state index contributed by atoms with van der Waals surface area (Å²) < 4.78 is 2.45. The second kappa shape index (κ2) is 10.1. The maximum Gasteiger partial charge on any atom is 0.243 e. The van der Waals surface area contributed by atoms with E-state index >= 15 is 0 Å². The Morgan fingerprint density at radius 1 is 0.429 bits per heavy atom. The van der Waals surface area contributed by atoms with Crippen molar-refractivity contribution in [3.63, 3.8) is 0 Å². The van der Waals surface area contributed by atoms with E-state index in [0.29, 0.717) is 0 Å². The van der Waals surface area contributed by atoms with E-state index in [1.165, 1.54) is 88.0 Å². The van der Waals surface area contributed by atoms with E-state index in [4.69, 9.17) is 0 Å². The summed E-state index contributed by atoms with van der Waals surface area (Å²) in [5, 5.41) is 5.16. The van der Waals surface area contributed by atoms with Crippen molar-refractivity contribution in [1.29, 1.82) is 0 Å². The van der Waals surface area contributed by atoms with Gasteiger partial charge < -0.3 is 4.57 Å². The monoisotopic (exact) mass is 541 g/mol. The Morgan fingerprint density at radius 2 is 0.833 bits per heavy atom. The highest BCUT2D eigenvalue weighted by molar-refractivity contribution is 6.98. The second-order valence-electron chi connectivity index (χ2n) is 12.1. The average molecular weight is 542 g/mol. The number of aromatic nitrogens is 1. The predicted octanol–water partition coefficient (Wildman–Crippen LogP) is 8.30. The molecular weight excluding hydrogens is 505 g/mol. The molecule has 0 aliphatic rings. The Kier molecular flexibility index (Phi) is 6.32. The number of fused-ring (bicyclic) bond motifs is 4. The third kappa shape index (κ3) is 4.09. The van der Waals surface area contributed by atoms with Crippen LogP contribution in [0.25, 0.3) is 38.3 Å². The van der Waals surface area contributed by atoms with Gasteiger partial charge in [0.1, 0.15) is 0 Å². The molecule has 0 radical (unpaired) electrons. The molecule has 0 saturated carbocycles. The van der Waals surface area contributed by atoms with Gasteiger partial charge >= 0.3 is 0 Å². The Hall–Kier alpha value is -4.56. The minimum Gasteiger partial charge on any atom is -0.309 e. The molecule has 1 heterocycles. The maximum absolute atomic E-state index is 2.45. The van der Waals surface area contributed by atoms with E-state index in [-0.39, 0.29) is 6.71 Å².